The first-order valence-corrected chi connectivity index (χ1v) is 6.87. The predicted octanol–water partition coefficient (Wildman–Crippen LogP) is 2.76. The molecule has 1 rings (SSSR count). The van der Waals surface area contributed by atoms with Crippen LogP contribution in [0.25, 0.3) is 0 Å². The molecule has 0 aromatic rings. The van der Waals surface area contributed by atoms with Gasteiger partial charge in [-0.2, -0.15) is 0 Å². The lowest BCUT2D eigenvalue weighted by atomic mass is 9.90. The standard InChI is InChI=1S/C14H26O3/c1-10(2)13(15)11(3)14(16)17-9-12-7-5-4-6-8-12/h10-13,15H,4-9H2,1-3H3/t11-,13+/m0/s1. The van der Waals surface area contributed by atoms with Crippen LogP contribution in [0.5, 0.6) is 0 Å². The SMILES string of the molecule is CC(C)[C@@H](O)[C@H](C)C(=O)OCC1CCCCC1. The van der Waals surface area contributed by atoms with E-state index in [-0.39, 0.29) is 11.9 Å². The predicted molar refractivity (Wildman–Crippen MR) is 67.5 cm³/mol. The van der Waals surface area contributed by atoms with E-state index in [4.69, 9.17) is 4.74 Å². The maximum Gasteiger partial charge on any atom is 0.311 e. The van der Waals surface area contributed by atoms with E-state index >= 15 is 0 Å². The quantitative estimate of drug-likeness (QED) is 0.754. The van der Waals surface area contributed by atoms with Crippen molar-refractivity contribution in [2.24, 2.45) is 17.8 Å². The molecule has 0 spiro atoms. The Balaban J connectivity index is 2.28. The van der Waals surface area contributed by atoms with Crippen molar-refractivity contribution >= 4 is 5.97 Å². The van der Waals surface area contributed by atoms with Crippen molar-refractivity contribution in [3.63, 3.8) is 0 Å². The minimum absolute atomic E-state index is 0.0900. The Morgan fingerprint density at radius 3 is 2.35 bits per heavy atom. The molecule has 100 valence electrons. The van der Waals surface area contributed by atoms with Gasteiger partial charge in [0.2, 0.25) is 0 Å². The molecule has 0 radical (unpaired) electrons. The molecule has 1 fully saturated rings. The van der Waals surface area contributed by atoms with E-state index in [2.05, 4.69) is 0 Å². The Hall–Kier alpha value is -0.570. The lowest BCUT2D eigenvalue weighted by molar-refractivity contribution is -0.154. The van der Waals surface area contributed by atoms with E-state index in [1.165, 1.54) is 32.1 Å². The normalized spacial score (nSPS) is 21.2. The highest BCUT2D eigenvalue weighted by atomic mass is 16.5. The fourth-order valence-corrected chi connectivity index (χ4v) is 2.40. The van der Waals surface area contributed by atoms with E-state index in [1.54, 1.807) is 6.92 Å². The number of aliphatic hydroxyl groups is 1. The van der Waals surface area contributed by atoms with Crippen LogP contribution >= 0.6 is 0 Å². The van der Waals surface area contributed by atoms with Crippen LogP contribution in [0.3, 0.4) is 0 Å². The van der Waals surface area contributed by atoms with Gasteiger partial charge in [0.15, 0.2) is 0 Å². The Morgan fingerprint density at radius 2 is 1.82 bits per heavy atom. The molecular weight excluding hydrogens is 216 g/mol. The molecule has 0 unspecified atom stereocenters. The highest BCUT2D eigenvalue weighted by Gasteiger charge is 2.26. The molecule has 3 nitrogen and oxygen atoms in total. The van der Waals surface area contributed by atoms with Gasteiger partial charge in [0.05, 0.1) is 18.6 Å². The summed E-state index contributed by atoms with van der Waals surface area (Å²) in [5.41, 5.74) is 0. The molecule has 0 aromatic carbocycles. The number of hydrogen-bond acceptors (Lipinski definition) is 3. The smallest absolute Gasteiger partial charge is 0.311 e. The van der Waals surface area contributed by atoms with Gasteiger partial charge in [0.1, 0.15) is 0 Å². The first-order valence-electron chi connectivity index (χ1n) is 6.87. The van der Waals surface area contributed by atoms with E-state index in [9.17, 15) is 9.90 Å². The topological polar surface area (TPSA) is 46.5 Å². The third kappa shape index (κ3) is 4.66. The number of carbonyl (C=O) groups is 1. The molecule has 0 heterocycles. The van der Waals surface area contributed by atoms with Crippen molar-refractivity contribution < 1.29 is 14.6 Å². The summed E-state index contributed by atoms with van der Waals surface area (Å²) in [6.45, 7) is 6.10. The second-order valence-electron chi connectivity index (χ2n) is 5.66. The summed E-state index contributed by atoms with van der Waals surface area (Å²) in [4.78, 5) is 11.7. The first kappa shape index (κ1) is 14.5. The van der Waals surface area contributed by atoms with E-state index in [1.807, 2.05) is 13.8 Å². The molecule has 0 aliphatic heterocycles. The summed E-state index contributed by atoms with van der Waals surface area (Å²) < 4.78 is 5.32. The second kappa shape index (κ2) is 7.00. The molecule has 1 aliphatic carbocycles. The third-order valence-electron chi connectivity index (χ3n) is 3.75. The lowest BCUT2D eigenvalue weighted by Gasteiger charge is -2.24. The first-order chi connectivity index (χ1) is 8.02. The molecule has 17 heavy (non-hydrogen) atoms. The van der Waals surface area contributed by atoms with Crippen LogP contribution in [-0.4, -0.2) is 23.8 Å². The highest BCUT2D eigenvalue weighted by molar-refractivity contribution is 5.72. The minimum Gasteiger partial charge on any atom is -0.465 e. The molecule has 3 heteroatoms. The number of ether oxygens (including phenoxy) is 1. The maximum atomic E-state index is 11.7. The monoisotopic (exact) mass is 242 g/mol. The van der Waals surface area contributed by atoms with Crippen molar-refractivity contribution in [3.8, 4) is 0 Å². The van der Waals surface area contributed by atoms with Gasteiger partial charge in [-0.05, 0) is 31.6 Å². The van der Waals surface area contributed by atoms with Gasteiger partial charge in [0.25, 0.3) is 0 Å². The Kier molecular flexibility index (Phi) is 5.96. The minimum atomic E-state index is -0.603. The number of carbonyl (C=O) groups excluding carboxylic acids is 1. The summed E-state index contributed by atoms with van der Waals surface area (Å²) in [5.74, 6) is -0.0429. The van der Waals surface area contributed by atoms with Gasteiger partial charge in [0, 0.05) is 0 Å². The summed E-state index contributed by atoms with van der Waals surface area (Å²) in [7, 11) is 0. The zero-order valence-corrected chi connectivity index (χ0v) is 11.3. The fourth-order valence-electron chi connectivity index (χ4n) is 2.40. The van der Waals surface area contributed by atoms with Gasteiger partial charge in [-0.1, -0.05) is 33.1 Å². The zero-order chi connectivity index (χ0) is 12.8. The lowest BCUT2D eigenvalue weighted by Crippen LogP contribution is -2.32. The van der Waals surface area contributed by atoms with Gasteiger partial charge in [-0.25, -0.2) is 0 Å². The van der Waals surface area contributed by atoms with E-state index in [0.717, 1.165) is 0 Å². The maximum absolute atomic E-state index is 11.7. The summed E-state index contributed by atoms with van der Waals surface area (Å²) >= 11 is 0. The summed E-state index contributed by atoms with van der Waals surface area (Å²) in [6.07, 6.45) is 5.57. The van der Waals surface area contributed by atoms with Gasteiger partial charge in [-0.15, -0.1) is 0 Å². The van der Waals surface area contributed by atoms with Gasteiger partial charge < -0.3 is 9.84 Å². The second-order valence-corrected chi connectivity index (χ2v) is 5.66. The molecule has 1 aliphatic rings. The van der Waals surface area contributed by atoms with Crippen molar-refractivity contribution in [3.05, 3.63) is 0 Å². The Labute approximate surface area is 105 Å². The van der Waals surface area contributed by atoms with Crippen molar-refractivity contribution in [2.75, 3.05) is 6.61 Å². The van der Waals surface area contributed by atoms with Crippen LogP contribution in [0.15, 0.2) is 0 Å². The molecule has 0 aromatic heterocycles. The molecule has 1 N–H and O–H groups in total. The van der Waals surface area contributed by atoms with Crippen molar-refractivity contribution in [1.82, 2.24) is 0 Å². The van der Waals surface area contributed by atoms with E-state index in [0.29, 0.717) is 12.5 Å². The van der Waals surface area contributed by atoms with Crippen LogP contribution in [-0.2, 0) is 9.53 Å². The molecule has 0 amide bonds. The number of esters is 1. The highest BCUT2D eigenvalue weighted by Crippen LogP contribution is 2.24. The van der Waals surface area contributed by atoms with Crippen LogP contribution in [0.2, 0.25) is 0 Å². The van der Waals surface area contributed by atoms with E-state index < -0.39 is 12.0 Å². The number of hydrogen-bond donors (Lipinski definition) is 1. The number of aliphatic hydroxyl groups excluding tert-OH is 1. The third-order valence-corrected chi connectivity index (χ3v) is 3.75. The van der Waals surface area contributed by atoms with Gasteiger partial charge in [-0.3, -0.25) is 4.79 Å². The largest absolute Gasteiger partial charge is 0.465 e. The van der Waals surface area contributed by atoms with Crippen molar-refractivity contribution in [2.45, 2.75) is 59.0 Å². The molecule has 0 bridgehead atoms. The molecule has 2 atom stereocenters. The summed E-state index contributed by atoms with van der Waals surface area (Å²) in [5, 5.41) is 9.80. The van der Waals surface area contributed by atoms with Crippen molar-refractivity contribution in [1.29, 1.82) is 0 Å². The Morgan fingerprint density at radius 1 is 1.24 bits per heavy atom. The fraction of sp³-hybridized carbons (Fsp3) is 0.929. The molecule has 1 saturated carbocycles. The molecular formula is C14H26O3. The summed E-state index contributed by atoms with van der Waals surface area (Å²) in [6, 6.07) is 0. The average Bonchev–Trinajstić information content (AvgIpc) is 2.35. The van der Waals surface area contributed by atoms with Crippen LogP contribution < -0.4 is 0 Å². The van der Waals surface area contributed by atoms with Crippen LogP contribution in [0.1, 0.15) is 52.9 Å². The van der Waals surface area contributed by atoms with Gasteiger partial charge >= 0.3 is 5.97 Å². The number of rotatable bonds is 5. The van der Waals surface area contributed by atoms with Crippen LogP contribution in [0.4, 0.5) is 0 Å². The Bertz CT molecular complexity index is 232. The zero-order valence-electron chi connectivity index (χ0n) is 11.3. The molecule has 0 saturated heterocycles. The van der Waals surface area contributed by atoms with Crippen LogP contribution in [0, 0.1) is 17.8 Å². The average molecular weight is 242 g/mol.